The van der Waals surface area contributed by atoms with Gasteiger partial charge in [0, 0.05) is 24.7 Å². The quantitative estimate of drug-likeness (QED) is 0.822. The fourth-order valence-corrected chi connectivity index (χ4v) is 2.56. The smallest absolute Gasteiger partial charge is 0.352 e. The molecule has 0 fully saturated rings. The van der Waals surface area contributed by atoms with Crippen LogP contribution in [0.4, 0.5) is 13.2 Å². The van der Waals surface area contributed by atoms with Gasteiger partial charge in [-0.25, -0.2) is 4.68 Å². The molecule has 1 amide bonds. The van der Waals surface area contributed by atoms with Gasteiger partial charge < -0.3 is 11.1 Å². The van der Waals surface area contributed by atoms with Crippen molar-refractivity contribution in [2.24, 2.45) is 5.73 Å². The Labute approximate surface area is 156 Å². The minimum atomic E-state index is -4.53. The Morgan fingerprint density at radius 3 is 2.46 bits per heavy atom. The van der Waals surface area contributed by atoms with Crippen molar-refractivity contribution in [3.8, 4) is 5.69 Å². The molecule has 0 bridgehead atoms. The highest BCUT2D eigenvalue weighted by Gasteiger charge is 2.34. The molecule has 0 saturated carbocycles. The molecule has 144 valence electrons. The summed E-state index contributed by atoms with van der Waals surface area (Å²) < 4.78 is 41.7. The van der Waals surface area contributed by atoms with Crippen molar-refractivity contribution in [3.05, 3.63) is 46.8 Å². The molecule has 1 aromatic carbocycles. The molecule has 5 nitrogen and oxygen atoms in total. The number of nitrogens with zero attached hydrogens (tertiary/aromatic N) is 2. The topological polar surface area (TPSA) is 72.9 Å². The van der Waals surface area contributed by atoms with Crippen molar-refractivity contribution in [1.82, 2.24) is 15.1 Å². The number of aryl methyl sites for hydroxylation is 2. The Kier molecular flexibility index (Phi) is 7.23. The van der Waals surface area contributed by atoms with Crippen LogP contribution in [0.2, 0.25) is 0 Å². The molecule has 2 rings (SSSR count). The summed E-state index contributed by atoms with van der Waals surface area (Å²) in [6, 6.07) is 5.40. The van der Waals surface area contributed by atoms with Crippen LogP contribution >= 0.6 is 12.4 Å². The van der Waals surface area contributed by atoms with Gasteiger partial charge in [0.2, 0.25) is 5.91 Å². The third kappa shape index (κ3) is 5.47. The lowest BCUT2D eigenvalue weighted by Gasteiger charge is -2.16. The molecule has 0 aliphatic rings. The van der Waals surface area contributed by atoms with Gasteiger partial charge in [0.1, 0.15) is 0 Å². The lowest BCUT2D eigenvalue weighted by atomic mass is 10.1. The maximum absolute atomic E-state index is 13.4. The zero-order valence-corrected chi connectivity index (χ0v) is 15.5. The number of hydrogen-bond acceptors (Lipinski definition) is 3. The van der Waals surface area contributed by atoms with E-state index in [-0.39, 0.29) is 42.9 Å². The molecule has 0 aliphatic carbocycles. The molecule has 1 atom stereocenters. The highest BCUT2D eigenvalue weighted by molar-refractivity contribution is 5.85. The van der Waals surface area contributed by atoms with Gasteiger partial charge in [0.05, 0.1) is 16.9 Å². The fourth-order valence-electron chi connectivity index (χ4n) is 2.56. The fraction of sp³-hybridized carbons (Fsp3) is 0.412. The number of benzene rings is 1. The first-order valence-corrected chi connectivity index (χ1v) is 7.84. The van der Waals surface area contributed by atoms with Gasteiger partial charge >= 0.3 is 6.18 Å². The standard InChI is InChI=1S/C17H21F3N4O.ClH/c1-10(21)6-16(25)22-9-13-4-5-14(8-15(13)17(18,19)20)24-12(3)7-11(2)23-24;/h4-5,7-8,10H,6,9,21H2,1-3H3,(H,22,25);1H. The van der Waals surface area contributed by atoms with Crippen molar-refractivity contribution < 1.29 is 18.0 Å². The molecule has 2 aromatic rings. The maximum Gasteiger partial charge on any atom is 0.416 e. The minimum Gasteiger partial charge on any atom is -0.352 e. The summed E-state index contributed by atoms with van der Waals surface area (Å²) in [7, 11) is 0. The monoisotopic (exact) mass is 390 g/mol. The molecular formula is C17H22ClF3N4O. The van der Waals surface area contributed by atoms with Crippen molar-refractivity contribution in [2.45, 2.75) is 46.0 Å². The number of carbonyl (C=O) groups excluding carboxylic acids is 1. The summed E-state index contributed by atoms with van der Waals surface area (Å²) in [6.45, 7) is 4.99. The highest BCUT2D eigenvalue weighted by atomic mass is 35.5. The van der Waals surface area contributed by atoms with E-state index in [0.29, 0.717) is 5.69 Å². The largest absolute Gasteiger partial charge is 0.416 e. The SMILES string of the molecule is Cc1cc(C)n(-c2ccc(CNC(=O)CC(C)N)c(C(F)(F)F)c2)n1.Cl. The van der Waals surface area contributed by atoms with Crippen LogP contribution < -0.4 is 11.1 Å². The number of nitrogens with one attached hydrogen (secondary N) is 1. The first kappa shape index (κ1) is 22.0. The second kappa shape index (κ2) is 8.55. The predicted octanol–water partition coefficient (Wildman–Crippen LogP) is 3.28. The first-order valence-electron chi connectivity index (χ1n) is 7.84. The summed E-state index contributed by atoms with van der Waals surface area (Å²) in [5, 5.41) is 6.68. The number of nitrogens with two attached hydrogens (primary N) is 1. The van der Waals surface area contributed by atoms with Crippen LogP contribution in [0.5, 0.6) is 0 Å². The second-order valence-electron chi connectivity index (χ2n) is 6.14. The predicted molar refractivity (Wildman–Crippen MR) is 95.4 cm³/mol. The summed E-state index contributed by atoms with van der Waals surface area (Å²) in [5.41, 5.74) is 6.50. The molecule has 3 N–H and O–H groups in total. The van der Waals surface area contributed by atoms with E-state index in [0.717, 1.165) is 17.5 Å². The van der Waals surface area contributed by atoms with E-state index in [4.69, 9.17) is 5.73 Å². The van der Waals surface area contributed by atoms with Gasteiger partial charge in [0.15, 0.2) is 0 Å². The van der Waals surface area contributed by atoms with Crippen LogP contribution in [0.25, 0.3) is 5.69 Å². The van der Waals surface area contributed by atoms with E-state index < -0.39 is 11.7 Å². The minimum absolute atomic E-state index is 0. The van der Waals surface area contributed by atoms with Crippen LogP contribution in [0, 0.1) is 13.8 Å². The van der Waals surface area contributed by atoms with Gasteiger partial charge in [-0.05, 0) is 44.5 Å². The Morgan fingerprint density at radius 1 is 1.31 bits per heavy atom. The Balaban J connectivity index is 0.00000338. The van der Waals surface area contributed by atoms with E-state index in [2.05, 4.69) is 10.4 Å². The lowest BCUT2D eigenvalue weighted by Crippen LogP contribution is -2.30. The lowest BCUT2D eigenvalue weighted by molar-refractivity contribution is -0.138. The van der Waals surface area contributed by atoms with Gasteiger partial charge in [-0.1, -0.05) is 6.07 Å². The maximum atomic E-state index is 13.4. The molecule has 1 unspecified atom stereocenters. The Morgan fingerprint density at radius 2 is 1.96 bits per heavy atom. The average molecular weight is 391 g/mol. The van der Waals surface area contributed by atoms with Crippen LogP contribution in [-0.2, 0) is 17.5 Å². The van der Waals surface area contributed by atoms with Crippen molar-refractivity contribution >= 4 is 18.3 Å². The van der Waals surface area contributed by atoms with Crippen LogP contribution in [0.3, 0.4) is 0 Å². The Hall–Kier alpha value is -2.06. The third-order valence-electron chi connectivity index (χ3n) is 3.64. The number of carbonyl (C=O) groups is 1. The molecule has 1 aromatic heterocycles. The van der Waals surface area contributed by atoms with Crippen molar-refractivity contribution in [2.75, 3.05) is 0 Å². The number of alkyl halides is 3. The van der Waals surface area contributed by atoms with Crippen molar-refractivity contribution in [3.63, 3.8) is 0 Å². The number of hydrogen-bond donors (Lipinski definition) is 2. The number of rotatable bonds is 5. The number of halogens is 4. The summed E-state index contributed by atoms with van der Waals surface area (Å²) in [5.74, 6) is -0.384. The third-order valence-corrected chi connectivity index (χ3v) is 3.64. The average Bonchev–Trinajstić information content (AvgIpc) is 2.82. The normalized spacial score (nSPS) is 12.4. The van der Waals surface area contributed by atoms with E-state index >= 15 is 0 Å². The molecule has 1 heterocycles. The van der Waals surface area contributed by atoms with Gasteiger partial charge in [0.25, 0.3) is 0 Å². The van der Waals surface area contributed by atoms with E-state index in [9.17, 15) is 18.0 Å². The van der Waals surface area contributed by atoms with Gasteiger partial charge in [-0.15, -0.1) is 12.4 Å². The molecular weight excluding hydrogens is 369 g/mol. The summed E-state index contributed by atoms with van der Waals surface area (Å²) in [6.07, 6.45) is -4.47. The zero-order chi connectivity index (χ0) is 18.8. The van der Waals surface area contributed by atoms with E-state index in [1.165, 1.54) is 10.7 Å². The summed E-state index contributed by atoms with van der Waals surface area (Å²) in [4.78, 5) is 11.6. The van der Waals surface area contributed by atoms with Crippen molar-refractivity contribution in [1.29, 1.82) is 0 Å². The summed E-state index contributed by atoms with van der Waals surface area (Å²) >= 11 is 0. The molecule has 0 spiro atoms. The zero-order valence-electron chi connectivity index (χ0n) is 14.7. The van der Waals surface area contributed by atoms with Crippen LogP contribution in [0.1, 0.15) is 35.9 Å². The van der Waals surface area contributed by atoms with Crippen LogP contribution in [0.15, 0.2) is 24.3 Å². The van der Waals surface area contributed by atoms with Gasteiger partial charge in [-0.2, -0.15) is 18.3 Å². The van der Waals surface area contributed by atoms with E-state index in [1.807, 2.05) is 0 Å². The van der Waals surface area contributed by atoms with Crippen LogP contribution in [-0.4, -0.2) is 21.7 Å². The number of amides is 1. The Bertz CT molecular complexity index is 772. The molecule has 26 heavy (non-hydrogen) atoms. The second-order valence-corrected chi connectivity index (χ2v) is 6.14. The molecule has 0 aliphatic heterocycles. The number of aromatic nitrogens is 2. The molecule has 0 radical (unpaired) electrons. The van der Waals surface area contributed by atoms with E-state index in [1.54, 1.807) is 32.9 Å². The highest BCUT2D eigenvalue weighted by Crippen LogP contribution is 2.33. The first-order chi connectivity index (χ1) is 11.6. The molecule has 9 heteroatoms. The molecule has 0 saturated heterocycles. The van der Waals surface area contributed by atoms with Gasteiger partial charge in [-0.3, -0.25) is 4.79 Å².